The third-order valence-electron chi connectivity index (χ3n) is 3.77. The number of hydrogen-bond donors (Lipinski definition) is 0. The van der Waals surface area contributed by atoms with Crippen molar-refractivity contribution in [1.82, 2.24) is 4.90 Å². The summed E-state index contributed by atoms with van der Waals surface area (Å²) in [7, 11) is 1.56. The molecule has 0 unspecified atom stereocenters. The topological polar surface area (TPSA) is 54.5 Å². The van der Waals surface area contributed by atoms with Gasteiger partial charge in [-0.05, 0) is 36.5 Å². The third kappa shape index (κ3) is 3.60. The predicted octanol–water partition coefficient (Wildman–Crippen LogP) is 3.56. The molecule has 0 N–H and O–H groups in total. The Morgan fingerprint density at radius 1 is 1.38 bits per heavy atom. The van der Waals surface area contributed by atoms with Crippen LogP contribution in [0.15, 0.2) is 21.5 Å². The predicted molar refractivity (Wildman–Crippen MR) is 86.2 cm³/mol. The molecule has 1 amide bonds. The number of rotatable bonds is 2. The van der Waals surface area contributed by atoms with Crippen LogP contribution in [-0.4, -0.2) is 32.3 Å². The normalized spacial score (nSPS) is 18.0. The summed E-state index contributed by atoms with van der Waals surface area (Å²) in [6.07, 6.45) is 0.937. The van der Waals surface area contributed by atoms with Gasteiger partial charge in [-0.3, -0.25) is 4.79 Å². The Balaban J connectivity index is 2.42. The van der Waals surface area contributed by atoms with Gasteiger partial charge in [-0.2, -0.15) is 0 Å². The van der Waals surface area contributed by atoms with Gasteiger partial charge in [0.05, 0.1) is 4.90 Å². The summed E-state index contributed by atoms with van der Waals surface area (Å²) < 4.78 is 23.8. The van der Waals surface area contributed by atoms with Crippen LogP contribution in [0.5, 0.6) is 0 Å². The van der Waals surface area contributed by atoms with Crippen molar-refractivity contribution in [1.29, 1.82) is 0 Å². The molecule has 1 aromatic carbocycles. The number of hydrogen-bond acceptors (Lipinski definition) is 3. The second kappa shape index (κ2) is 5.56. The molecule has 2 rings (SSSR count). The zero-order chi connectivity index (χ0) is 16.0. The lowest BCUT2D eigenvalue weighted by molar-refractivity contribution is 0.0778. The van der Waals surface area contributed by atoms with Gasteiger partial charge >= 0.3 is 0 Å². The van der Waals surface area contributed by atoms with Gasteiger partial charge in [0.2, 0.25) is 0 Å². The van der Waals surface area contributed by atoms with Crippen LogP contribution in [0.1, 0.15) is 36.2 Å². The molecule has 0 saturated carbocycles. The van der Waals surface area contributed by atoms with Crippen LogP contribution in [0.25, 0.3) is 0 Å². The first-order valence-electron chi connectivity index (χ1n) is 6.55. The molecule has 0 aromatic heterocycles. The van der Waals surface area contributed by atoms with Gasteiger partial charge in [0.1, 0.15) is 0 Å². The van der Waals surface area contributed by atoms with Crippen molar-refractivity contribution in [2.24, 2.45) is 5.41 Å². The first-order chi connectivity index (χ1) is 9.51. The summed E-state index contributed by atoms with van der Waals surface area (Å²) in [5, 5.41) is 0. The van der Waals surface area contributed by atoms with Crippen LogP contribution >= 0.6 is 26.6 Å². The van der Waals surface area contributed by atoms with Crippen LogP contribution in [-0.2, 0) is 9.05 Å². The zero-order valence-corrected chi connectivity index (χ0v) is 15.3. The second-order valence-corrected chi connectivity index (χ2v) is 9.55. The van der Waals surface area contributed by atoms with Crippen LogP contribution in [0, 0.1) is 12.3 Å². The molecule has 1 fully saturated rings. The fraction of sp³-hybridized carbons (Fsp3) is 0.500. The molecule has 7 heteroatoms. The minimum absolute atomic E-state index is 0.0275. The lowest BCUT2D eigenvalue weighted by Crippen LogP contribution is -2.30. The van der Waals surface area contributed by atoms with E-state index in [0.29, 0.717) is 28.7 Å². The molecule has 0 aliphatic carbocycles. The van der Waals surface area contributed by atoms with E-state index in [1.54, 1.807) is 17.9 Å². The number of nitrogens with zero attached hydrogens (tertiary/aromatic N) is 1. The van der Waals surface area contributed by atoms with E-state index >= 15 is 0 Å². The van der Waals surface area contributed by atoms with Crippen molar-refractivity contribution in [2.75, 3.05) is 13.1 Å². The molecule has 0 atom stereocenters. The number of likely N-dealkylation sites (tertiary alicyclic amines) is 1. The van der Waals surface area contributed by atoms with Gasteiger partial charge in [0.15, 0.2) is 0 Å². The Kier molecular flexibility index (Phi) is 4.44. The summed E-state index contributed by atoms with van der Waals surface area (Å²) in [5.41, 5.74) is 0.937. The summed E-state index contributed by atoms with van der Waals surface area (Å²) in [4.78, 5) is 14.3. The molecule has 1 saturated heterocycles. The van der Waals surface area contributed by atoms with Crippen molar-refractivity contribution in [3.05, 3.63) is 27.7 Å². The number of amides is 1. The molecule has 116 valence electrons. The molecule has 0 radical (unpaired) electrons. The standard InChI is InChI=1S/C14H17BrClNO3S/c1-9-11(15)6-10(7-12(9)21(16,19)20)13(18)17-5-4-14(2,3)8-17/h6-7H,4-5,8H2,1-3H3. The van der Waals surface area contributed by atoms with E-state index < -0.39 is 9.05 Å². The number of carbonyl (C=O) groups excluding carboxylic acids is 1. The van der Waals surface area contributed by atoms with Gasteiger partial charge in [-0.1, -0.05) is 29.8 Å². The Hall–Kier alpha value is -0.590. The molecule has 1 aliphatic heterocycles. The van der Waals surface area contributed by atoms with Gasteiger partial charge in [-0.15, -0.1) is 0 Å². The van der Waals surface area contributed by atoms with Crippen LogP contribution in [0.2, 0.25) is 0 Å². The van der Waals surface area contributed by atoms with Gasteiger partial charge < -0.3 is 4.90 Å². The van der Waals surface area contributed by atoms with Gasteiger partial charge in [-0.25, -0.2) is 8.42 Å². The molecule has 21 heavy (non-hydrogen) atoms. The maximum Gasteiger partial charge on any atom is 0.261 e. The maximum absolute atomic E-state index is 12.5. The molecule has 1 aromatic rings. The summed E-state index contributed by atoms with van der Waals surface area (Å²) in [5.74, 6) is -0.164. The largest absolute Gasteiger partial charge is 0.338 e. The van der Waals surface area contributed by atoms with Crippen LogP contribution in [0.3, 0.4) is 0 Å². The highest BCUT2D eigenvalue weighted by atomic mass is 79.9. The summed E-state index contributed by atoms with van der Waals surface area (Å²) in [6.45, 7) is 7.22. The van der Waals surface area contributed by atoms with Crippen molar-refractivity contribution >= 4 is 41.6 Å². The lowest BCUT2D eigenvalue weighted by atomic mass is 9.93. The minimum atomic E-state index is -3.89. The first kappa shape index (κ1) is 16.8. The van der Waals surface area contributed by atoms with Crippen LogP contribution in [0.4, 0.5) is 0 Å². The Bertz CT molecular complexity index is 700. The smallest absolute Gasteiger partial charge is 0.261 e. The highest BCUT2D eigenvalue weighted by Crippen LogP contribution is 2.32. The fourth-order valence-corrected chi connectivity index (χ4v) is 4.31. The van der Waals surface area contributed by atoms with Gasteiger partial charge in [0.25, 0.3) is 15.0 Å². The van der Waals surface area contributed by atoms with E-state index in [1.807, 2.05) is 0 Å². The van der Waals surface area contributed by atoms with Gasteiger partial charge in [0, 0.05) is 33.8 Å². The first-order valence-corrected chi connectivity index (χ1v) is 9.66. The van der Waals surface area contributed by atoms with Crippen molar-refractivity contribution < 1.29 is 13.2 Å². The molecule has 4 nitrogen and oxygen atoms in total. The van der Waals surface area contributed by atoms with E-state index in [0.717, 1.165) is 6.42 Å². The van der Waals surface area contributed by atoms with Crippen molar-refractivity contribution in [3.63, 3.8) is 0 Å². The Morgan fingerprint density at radius 3 is 2.48 bits per heavy atom. The Labute approximate surface area is 138 Å². The molecular weight excluding hydrogens is 378 g/mol. The number of carbonyl (C=O) groups is 1. The average molecular weight is 395 g/mol. The molecular formula is C14H17BrClNO3S. The zero-order valence-electron chi connectivity index (χ0n) is 12.1. The van der Waals surface area contributed by atoms with E-state index in [9.17, 15) is 13.2 Å². The monoisotopic (exact) mass is 393 g/mol. The van der Waals surface area contributed by atoms with E-state index in [4.69, 9.17) is 10.7 Å². The molecule has 0 spiro atoms. The van der Waals surface area contributed by atoms with Crippen molar-refractivity contribution in [3.8, 4) is 0 Å². The Morgan fingerprint density at radius 2 is 2.00 bits per heavy atom. The average Bonchev–Trinajstić information content (AvgIpc) is 2.70. The highest BCUT2D eigenvalue weighted by Gasteiger charge is 2.33. The lowest BCUT2D eigenvalue weighted by Gasteiger charge is -2.20. The summed E-state index contributed by atoms with van der Waals surface area (Å²) in [6, 6.07) is 3.00. The van der Waals surface area contributed by atoms with E-state index in [2.05, 4.69) is 29.8 Å². The number of halogens is 2. The second-order valence-electron chi connectivity index (χ2n) is 6.16. The third-order valence-corrected chi connectivity index (χ3v) is 6.04. The fourth-order valence-electron chi connectivity index (χ4n) is 2.50. The SMILES string of the molecule is Cc1c(Br)cc(C(=O)N2CCC(C)(C)C2)cc1S(=O)(=O)Cl. The minimum Gasteiger partial charge on any atom is -0.338 e. The molecule has 1 aliphatic rings. The maximum atomic E-state index is 12.5. The quantitative estimate of drug-likeness (QED) is 0.721. The van der Waals surface area contributed by atoms with E-state index in [-0.39, 0.29) is 16.2 Å². The summed E-state index contributed by atoms with van der Waals surface area (Å²) >= 11 is 3.29. The molecule has 0 bridgehead atoms. The molecule has 1 heterocycles. The van der Waals surface area contributed by atoms with Crippen LogP contribution < -0.4 is 0 Å². The van der Waals surface area contributed by atoms with Crippen molar-refractivity contribution in [2.45, 2.75) is 32.1 Å². The van der Waals surface area contributed by atoms with E-state index in [1.165, 1.54) is 6.07 Å². The number of benzene rings is 1. The highest BCUT2D eigenvalue weighted by molar-refractivity contribution is 9.10.